The monoisotopic (exact) mass is 305 g/mol. The van der Waals surface area contributed by atoms with Gasteiger partial charge in [-0.2, -0.15) is 0 Å². The number of benzene rings is 1. The summed E-state index contributed by atoms with van der Waals surface area (Å²) in [5.41, 5.74) is 2.14. The molecule has 0 amide bonds. The summed E-state index contributed by atoms with van der Waals surface area (Å²) in [6.07, 6.45) is 1.90. The average molecular weight is 305 g/mol. The normalized spacial score (nSPS) is 12.7. The lowest BCUT2D eigenvalue weighted by atomic mass is 10.1. The SMILES string of the molecule is CC(C)(O[Si](C)(C)C)n1cc(-c2ccc(CO)cc2)nn1. The fourth-order valence-corrected chi connectivity index (χ4v) is 3.83. The second-order valence-corrected chi connectivity index (χ2v) is 11.0. The van der Waals surface area contributed by atoms with Crippen LogP contribution in [0.25, 0.3) is 11.3 Å². The molecule has 5 nitrogen and oxygen atoms in total. The quantitative estimate of drug-likeness (QED) is 0.863. The third-order valence-corrected chi connectivity index (χ3v) is 4.15. The number of aliphatic hydroxyl groups excluding tert-OH is 1. The van der Waals surface area contributed by atoms with Gasteiger partial charge in [0.05, 0.1) is 12.8 Å². The highest BCUT2D eigenvalue weighted by molar-refractivity contribution is 6.69. The van der Waals surface area contributed by atoms with Gasteiger partial charge in [-0.1, -0.05) is 29.5 Å². The molecule has 2 rings (SSSR count). The molecule has 0 fully saturated rings. The molecule has 0 aliphatic carbocycles. The van der Waals surface area contributed by atoms with Crippen LogP contribution in [-0.4, -0.2) is 28.4 Å². The number of aliphatic hydroxyl groups is 1. The van der Waals surface area contributed by atoms with E-state index in [0.717, 1.165) is 16.8 Å². The molecule has 21 heavy (non-hydrogen) atoms. The molecule has 0 atom stereocenters. The molecule has 0 aliphatic heterocycles. The summed E-state index contributed by atoms with van der Waals surface area (Å²) >= 11 is 0. The third-order valence-electron chi connectivity index (χ3n) is 3.03. The molecule has 0 unspecified atom stereocenters. The molecule has 0 radical (unpaired) electrons. The summed E-state index contributed by atoms with van der Waals surface area (Å²) in [4.78, 5) is 0. The Bertz CT molecular complexity index is 600. The zero-order chi connectivity index (χ0) is 15.7. The highest BCUT2D eigenvalue weighted by Crippen LogP contribution is 2.24. The van der Waals surface area contributed by atoms with Crippen molar-refractivity contribution in [2.75, 3.05) is 0 Å². The maximum absolute atomic E-state index is 9.07. The first-order valence-corrected chi connectivity index (χ1v) is 10.5. The van der Waals surface area contributed by atoms with Gasteiger partial charge in [0.1, 0.15) is 11.4 Å². The van der Waals surface area contributed by atoms with Crippen molar-refractivity contribution in [1.82, 2.24) is 15.0 Å². The molecule has 114 valence electrons. The second-order valence-electron chi connectivity index (χ2n) is 6.56. The first-order valence-electron chi connectivity index (χ1n) is 7.04. The fraction of sp³-hybridized carbons (Fsp3) is 0.467. The van der Waals surface area contributed by atoms with Crippen molar-refractivity contribution in [1.29, 1.82) is 0 Å². The van der Waals surface area contributed by atoms with E-state index in [0.29, 0.717) is 0 Å². The Kier molecular flexibility index (Phi) is 4.32. The smallest absolute Gasteiger partial charge is 0.186 e. The number of aromatic nitrogens is 3. The summed E-state index contributed by atoms with van der Waals surface area (Å²) in [6.45, 7) is 10.5. The number of hydrogen-bond acceptors (Lipinski definition) is 4. The molecule has 1 heterocycles. The summed E-state index contributed by atoms with van der Waals surface area (Å²) in [6, 6.07) is 7.65. The van der Waals surface area contributed by atoms with Crippen molar-refractivity contribution in [2.24, 2.45) is 0 Å². The molecule has 0 bridgehead atoms. The van der Waals surface area contributed by atoms with Gasteiger partial charge in [-0.15, -0.1) is 5.10 Å². The predicted molar refractivity (Wildman–Crippen MR) is 85.1 cm³/mol. The van der Waals surface area contributed by atoms with Crippen LogP contribution in [-0.2, 0) is 16.8 Å². The van der Waals surface area contributed by atoms with Gasteiger partial charge in [-0.3, -0.25) is 0 Å². The van der Waals surface area contributed by atoms with E-state index in [9.17, 15) is 0 Å². The van der Waals surface area contributed by atoms with E-state index in [4.69, 9.17) is 9.53 Å². The zero-order valence-corrected chi connectivity index (χ0v) is 14.3. The van der Waals surface area contributed by atoms with Crippen LogP contribution in [0.2, 0.25) is 19.6 Å². The van der Waals surface area contributed by atoms with Crippen molar-refractivity contribution >= 4 is 8.32 Å². The minimum Gasteiger partial charge on any atom is -0.394 e. The lowest BCUT2D eigenvalue weighted by Crippen LogP contribution is -2.41. The molecule has 0 aliphatic rings. The van der Waals surface area contributed by atoms with Crippen molar-refractivity contribution in [3.05, 3.63) is 36.0 Å². The van der Waals surface area contributed by atoms with Gasteiger partial charge in [-0.25, -0.2) is 4.68 Å². The van der Waals surface area contributed by atoms with Crippen molar-refractivity contribution < 1.29 is 9.53 Å². The Labute approximate surface area is 126 Å². The summed E-state index contributed by atoms with van der Waals surface area (Å²) in [7, 11) is -1.67. The Morgan fingerprint density at radius 3 is 2.33 bits per heavy atom. The number of rotatable bonds is 5. The molecule has 1 aromatic heterocycles. The molecule has 0 spiro atoms. The van der Waals surface area contributed by atoms with Crippen molar-refractivity contribution in [3.8, 4) is 11.3 Å². The zero-order valence-electron chi connectivity index (χ0n) is 13.3. The van der Waals surface area contributed by atoms with Crippen LogP contribution in [0.15, 0.2) is 30.5 Å². The van der Waals surface area contributed by atoms with E-state index in [2.05, 4.69) is 30.0 Å². The second kappa shape index (κ2) is 5.71. The molecule has 2 aromatic rings. The van der Waals surface area contributed by atoms with Crippen LogP contribution in [0.3, 0.4) is 0 Å². The van der Waals surface area contributed by atoms with Gasteiger partial charge in [0.2, 0.25) is 0 Å². The highest BCUT2D eigenvalue weighted by atomic mass is 28.4. The maximum Gasteiger partial charge on any atom is 0.186 e. The molecule has 1 N–H and O–H groups in total. The lowest BCUT2D eigenvalue weighted by molar-refractivity contribution is 0.00803. The number of hydrogen-bond donors (Lipinski definition) is 1. The van der Waals surface area contributed by atoms with Crippen LogP contribution in [0.4, 0.5) is 0 Å². The minimum atomic E-state index is -1.67. The fourth-order valence-electron chi connectivity index (χ4n) is 2.24. The molecule has 0 saturated carbocycles. The van der Waals surface area contributed by atoms with E-state index >= 15 is 0 Å². The maximum atomic E-state index is 9.07. The van der Waals surface area contributed by atoms with E-state index in [1.54, 1.807) is 4.68 Å². The van der Waals surface area contributed by atoms with Gasteiger partial charge in [-0.05, 0) is 39.1 Å². The van der Waals surface area contributed by atoms with Crippen molar-refractivity contribution in [3.63, 3.8) is 0 Å². The van der Waals surface area contributed by atoms with Crippen molar-refractivity contribution in [2.45, 2.75) is 45.8 Å². The molecular weight excluding hydrogens is 282 g/mol. The van der Waals surface area contributed by atoms with Gasteiger partial charge in [0.25, 0.3) is 0 Å². The minimum absolute atomic E-state index is 0.0457. The van der Waals surface area contributed by atoms with Gasteiger partial charge < -0.3 is 9.53 Å². The van der Waals surface area contributed by atoms with Crippen LogP contribution in [0, 0.1) is 0 Å². The van der Waals surface area contributed by atoms with E-state index in [1.807, 2.05) is 44.3 Å². The van der Waals surface area contributed by atoms with Gasteiger partial charge in [0, 0.05) is 5.56 Å². The average Bonchev–Trinajstić information content (AvgIpc) is 2.86. The van der Waals surface area contributed by atoms with Crippen LogP contribution >= 0.6 is 0 Å². The molecular formula is C15H23N3O2Si. The van der Waals surface area contributed by atoms with Crippen LogP contribution in [0.5, 0.6) is 0 Å². The molecule has 6 heteroatoms. The summed E-state index contributed by atoms with van der Waals surface area (Å²) in [5, 5.41) is 17.5. The summed E-state index contributed by atoms with van der Waals surface area (Å²) in [5.74, 6) is 0. The van der Waals surface area contributed by atoms with E-state index < -0.39 is 14.0 Å². The predicted octanol–water partition coefficient (Wildman–Crippen LogP) is 2.98. The Hall–Kier alpha value is -1.50. The van der Waals surface area contributed by atoms with Crippen LogP contribution < -0.4 is 0 Å². The standard InChI is InChI=1S/C15H23N3O2Si/c1-15(2,20-21(3,4)5)18-10-14(16-17-18)13-8-6-12(11-19)7-9-13/h6-10,19H,11H2,1-5H3. The summed E-state index contributed by atoms with van der Waals surface area (Å²) < 4.78 is 7.93. The van der Waals surface area contributed by atoms with E-state index in [-0.39, 0.29) is 6.61 Å². The topological polar surface area (TPSA) is 60.2 Å². The Morgan fingerprint density at radius 2 is 1.81 bits per heavy atom. The van der Waals surface area contributed by atoms with Gasteiger partial charge >= 0.3 is 0 Å². The highest BCUT2D eigenvalue weighted by Gasteiger charge is 2.30. The van der Waals surface area contributed by atoms with E-state index in [1.165, 1.54) is 0 Å². The van der Waals surface area contributed by atoms with Crippen LogP contribution in [0.1, 0.15) is 19.4 Å². The first-order chi connectivity index (χ1) is 9.71. The number of nitrogens with zero attached hydrogens (tertiary/aromatic N) is 3. The van der Waals surface area contributed by atoms with Gasteiger partial charge in [0.15, 0.2) is 8.32 Å². The molecule has 1 aromatic carbocycles. The largest absolute Gasteiger partial charge is 0.394 e. The third kappa shape index (κ3) is 4.00. The Balaban J connectivity index is 2.24. The Morgan fingerprint density at radius 1 is 1.19 bits per heavy atom. The molecule has 0 saturated heterocycles. The first kappa shape index (κ1) is 15.9. The lowest BCUT2D eigenvalue weighted by Gasteiger charge is -2.32.